The van der Waals surface area contributed by atoms with Gasteiger partial charge in [0.05, 0.1) is 42.0 Å². The van der Waals surface area contributed by atoms with Gasteiger partial charge in [-0.3, -0.25) is 19.2 Å². The highest BCUT2D eigenvalue weighted by Crippen LogP contribution is 2.42. The van der Waals surface area contributed by atoms with E-state index in [2.05, 4.69) is 10.3 Å². The van der Waals surface area contributed by atoms with Crippen LogP contribution in [0.25, 0.3) is 0 Å². The number of carbonyl (C=O) groups is 5. The van der Waals surface area contributed by atoms with Crippen LogP contribution in [0.3, 0.4) is 0 Å². The summed E-state index contributed by atoms with van der Waals surface area (Å²) in [4.78, 5) is 71.4. The number of ketones is 1. The molecule has 16 atom stereocenters. The van der Waals surface area contributed by atoms with Gasteiger partial charge in [-0.2, -0.15) is 0 Å². The van der Waals surface area contributed by atoms with Crippen molar-refractivity contribution in [2.75, 3.05) is 21.3 Å². The largest absolute Gasteiger partial charge is 0.457 e. The van der Waals surface area contributed by atoms with E-state index >= 15 is 0 Å². The molecule has 4 rings (SSSR count). The molecule has 2 saturated heterocycles. The predicted molar refractivity (Wildman–Crippen MR) is 226 cm³/mol. The van der Waals surface area contributed by atoms with Crippen molar-refractivity contribution in [3.8, 4) is 0 Å². The van der Waals surface area contributed by atoms with Crippen molar-refractivity contribution >= 4 is 29.8 Å². The highest BCUT2D eigenvalue weighted by Gasteiger charge is 2.54. The molecule has 0 saturated carbocycles. The van der Waals surface area contributed by atoms with Crippen LogP contribution in [0.1, 0.15) is 109 Å². The molecule has 0 spiro atoms. The van der Waals surface area contributed by atoms with Crippen LogP contribution in [-0.2, 0) is 66.5 Å². The minimum atomic E-state index is -1.63. The molecule has 1 N–H and O–H groups in total. The van der Waals surface area contributed by atoms with Gasteiger partial charge in [0.15, 0.2) is 36.2 Å². The summed E-state index contributed by atoms with van der Waals surface area (Å²) in [6, 6.07) is -0.350. The lowest BCUT2D eigenvalue weighted by molar-refractivity contribution is -0.318. The van der Waals surface area contributed by atoms with Gasteiger partial charge in [0.25, 0.3) is 0 Å². The van der Waals surface area contributed by atoms with Crippen molar-refractivity contribution in [2.45, 2.75) is 187 Å². The van der Waals surface area contributed by atoms with E-state index in [9.17, 15) is 24.0 Å². The smallest absolute Gasteiger partial charge is 0.420 e. The number of nitrogens with one attached hydrogen (secondary N) is 1. The standard InChI is InChI=1S/C45H71N3O15/c1-16-33-43(10,63-42(53)48-18-17-47-23-48)20-24(2)35(51)25(3)21-44(11,54-14)38(62-41-37(58-30(8)49)32(46-13)19-26(4)56-41)27(5)36(28(6)40(52)60-33)61-34-22-45(12,55-15)39(29(7)57-34)59-31(9)50/h17-18,20,23,25-29,32-34,36-39,41,46H,16,19,21-22H2,1-15H3/b24-20+/t25-,26-,27+,28-,29+,32+,33-,34+,36+,37-,38-,39+,41+,43+,44-,45-/m1/s1. The quantitative estimate of drug-likeness (QED) is 0.227. The van der Waals surface area contributed by atoms with Gasteiger partial charge in [-0.15, -0.1) is 0 Å². The van der Waals surface area contributed by atoms with Gasteiger partial charge < -0.3 is 52.7 Å². The average molecular weight is 894 g/mol. The van der Waals surface area contributed by atoms with Gasteiger partial charge in [0.2, 0.25) is 0 Å². The van der Waals surface area contributed by atoms with E-state index in [1.165, 1.54) is 52.9 Å². The van der Waals surface area contributed by atoms with E-state index in [1.54, 1.807) is 62.4 Å². The van der Waals surface area contributed by atoms with Crippen molar-refractivity contribution < 1.29 is 71.3 Å². The van der Waals surface area contributed by atoms with E-state index in [0.717, 1.165) is 4.57 Å². The van der Waals surface area contributed by atoms with Gasteiger partial charge in [-0.1, -0.05) is 20.8 Å². The van der Waals surface area contributed by atoms with E-state index in [4.69, 9.17) is 47.4 Å². The Kier molecular flexibility index (Phi) is 17.7. The van der Waals surface area contributed by atoms with Crippen LogP contribution in [0.4, 0.5) is 4.79 Å². The maximum atomic E-state index is 14.8. The molecule has 2 fully saturated rings. The van der Waals surface area contributed by atoms with Crippen molar-refractivity contribution in [1.29, 1.82) is 0 Å². The molecule has 0 radical (unpaired) electrons. The number of imidazole rings is 1. The summed E-state index contributed by atoms with van der Waals surface area (Å²) in [7, 11) is 4.78. The molecule has 1 aromatic heterocycles. The normalized spacial score (nSPS) is 40.4. The highest BCUT2D eigenvalue weighted by molar-refractivity contribution is 5.96. The highest BCUT2D eigenvalue weighted by atomic mass is 16.7. The molecule has 3 aliphatic heterocycles. The first kappa shape index (κ1) is 51.9. The van der Waals surface area contributed by atoms with Gasteiger partial charge >= 0.3 is 24.0 Å². The number of nitrogens with zero attached hydrogens (tertiary/aromatic N) is 2. The zero-order valence-electron chi connectivity index (χ0n) is 39.7. The van der Waals surface area contributed by atoms with Crippen molar-refractivity contribution in [2.24, 2.45) is 17.8 Å². The molecule has 63 heavy (non-hydrogen) atoms. The van der Waals surface area contributed by atoms with Gasteiger partial charge in [0.1, 0.15) is 18.0 Å². The lowest BCUT2D eigenvalue weighted by Crippen LogP contribution is -2.61. The van der Waals surface area contributed by atoms with Crippen LogP contribution >= 0.6 is 0 Å². The Morgan fingerprint density at radius 3 is 2.10 bits per heavy atom. The number of ether oxygens (including phenoxy) is 10. The number of methoxy groups -OCH3 is 2. The maximum Gasteiger partial charge on any atom is 0.420 e. The summed E-state index contributed by atoms with van der Waals surface area (Å²) in [5.74, 6) is -4.61. The topological polar surface area (TPSA) is 208 Å². The molecule has 0 unspecified atom stereocenters. The molecule has 1 aromatic rings. The molecular weight excluding hydrogens is 823 g/mol. The second-order valence-corrected chi connectivity index (χ2v) is 18.0. The van der Waals surface area contributed by atoms with Gasteiger partial charge in [0, 0.05) is 58.7 Å². The Bertz CT molecular complexity index is 1770. The summed E-state index contributed by atoms with van der Waals surface area (Å²) in [6.45, 7) is 20.1. The second-order valence-electron chi connectivity index (χ2n) is 18.0. The first-order valence-corrected chi connectivity index (χ1v) is 21.9. The van der Waals surface area contributed by atoms with Crippen LogP contribution < -0.4 is 5.32 Å². The third-order valence-corrected chi connectivity index (χ3v) is 12.9. The molecule has 0 bridgehead atoms. The maximum absolute atomic E-state index is 14.8. The third-order valence-electron chi connectivity index (χ3n) is 12.9. The Morgan fingerprint density at radius 1 is 0.905 bits per heavy atom. The first-order valence-electron chi connectivity index (χ1n) is 21.9. The van der Waals surface area contributed by atoms with Crippen LogP contribution in [0.15, 0.2) is 30.4 Å². The molecule has 356 valence electrons. The number of allylic oxidation sites excluding steroid dienone is 1. The second kappa shape index (κ2) is 21.5. The van der Waals surface area contributed by atoms with Crippen LogP contribution in [0.2, 0.25) is 0 Å². The molecule has 0 aromatic carbocycles. The zero-order chi connectivity index (χ0) is 47.2. The number of cyclic esters (lactones) is 1. The number of Topliss-reactive ketones (excluding diaryl/α,β-unsaturated/α-hetero) is 1. The van der Waals surface area contributed by atoms with E-state index < -0.39 is 108 Å². The van der Waals surface area contributed by atoms with Crippen molar-refractivity contribution in [1.82, 2.24) is 14.9 Å². The van der Waals surface area contributed by atoms with Gasteiger partial charge in [-0.25, -0.2) is 14.3 Å². The molecule has 18 heteroatoms. The van der Waals surface area contributed by atoms with Crippen molar-refractivity contribution in [3.05, 3.63) is 30.4 Å². The Hall–Kier alpha value is -3.78. The number of carbonyl (C=O) groups excluding carboxylic acids is 5. The fourth-order valence-electron chi connectivity index (χ4n) is 9.45. The van der Waals surface area contributed by atoms with Gasteiger partial charge in [-0.05, 0) is 86.4 Å². The molecule has 18 nitrogen and oxygen atoms in total. The van der Waals surface area contributed by atoms with E-state index in [0.29, 0.717) is 6.42 Å². The average Bonchev–Trinajstić information content (AvgIpc) is 3.77. The number of rotatable bonds is 11. The zero-order valence-corrected chi connectivity index (χ0v) is 39.7. The lowest BCUT2D eigenvalue weighted by Gasteiger charge is -2.49. The number of likely N-dealkylation sites (N-methyl/N-ethyl adjacent to an activating group) is 1. The molecule has 0 aliphatic carbocycles. The SMILES string of the molecule is CC[C@H]1OC(=O)[C@H](C)[C@@H](O[C@H]2C[C@@](C)(OC)[C@@H](OC(C)=O)[C@H](C)O2)[C@H](C)[C@@H](O[C@@H]2O[C@H](C)C[C@H](NC)[C@H]2OC(C)=O)[C@](C)(OC)C[C@@H](C)C(=O)/C(C)=C/[C@]1(C)OC(=O)n1ccnc1. The molecule has 4 heterocycles. The van der Waals surface area contributed by atoms with Crippen LogP contribution in [0, 0.1) is 17.8 Å². The number of esters is 3. The number of hydrogen-bond acceptors (Lipinski definition) is 17. The number of hydrogen-bond donors (Lipinski definition) is 1. The Balaban J connectivity index is 1.92. The Labute approximate surface area is 371 Å². The molecule has 3 aliphatic rings. The molecular formula is C45H71N3O15. The minimum Gasteiger partial charge on any atom is -0.457 e. The summed E-state index contributed by atoms with van der Waals surface area (Å²) < 4.78 is 64.2. The summed E-state index contributed by atoms with van der Waals surface area (Å²) in [6.07, 6.45) is -2.33. The van der Waals surface area contributed by atoms with E-state index in [-0.39, 0.29) is 42.8 Å². The fraction of sp³-hybridized carbons (Fsp3) is 0.778. The Morgan fingerprint density at radius 2 is 1.54 bits per heavy atom. The summed E-state index contributed by atoms with van der Waals surface area (Å²) in [5.41, 5.74) is -3.75. The molecule has 0 amide bonds. The minimum absolute atomic E-state index is 0.0843. The predicted octanol–water partition coefficient (Wildman–Crippen LogP) is 5.08. The van der Waals surface area contributed by atoms with Crippen molar-refractivity contribution in [3.63, 3.8) is 0 Å². The third kappa shape index (κ3) is 12.1. The van der Waals surface area contributed by atoms with Crippen LogP contribution in [0.5, 0.6) is 0 Å². The van der Waals surface area contributed by atoms with Crippen LogP contribution in [-0.4, -0.2) is 139 Å². The van der Waals surface area contributed by atoms with E-state index in [1.807, 2.05) is 13.8 Å². The monoisotopic (exact) mass is 893 g/mol. The summed E-state index contributed by atoms with van der Waals surface area (Å²) >= 11 is 0. The summed E-state index contributed by atoms with van der Waals surface area (Å²) in [5, 5.41) is 3.23. The fourth-order valence-corrected chi connectivity index (χ4v) is 9.45. The number of aromatic nitrogens is 2. The first-order chi connectivity index (χ1) is 29.5. The lowest BCUT2D eigenvalue weighted by atomic mass is 9.76.